The molecule has 0 bridgehead atoms. The number of ether oxygens (including phenoxy) is 1. The summed E-state index contributed by atoms with van der Waals surface area (Å²) in [6.45, 7) is 2.46. The second kappa shape index (κ2) is 7.81. The molecule has 6 nitrogen and oxygen atoms in total. The molecule has 1 fully saturated rings. The minimum absolute atomic E-state index is 0.0452. The number of hydrogen-bond acceptors (Lipinski definition) is 5. The van der Waals surface area contributed by atoms with E-state index in [1.54, 1.807) is 11.0 Å². The van der Waals surface area contributed by atoms with Crippen LogP contribution in [0.5, 0.6) is 5.75 Å². The summed E-state index contributed by atoms with van der Waals surface area (Å²) >= 11 is 0. The number of halogens is 3. The van der Waals surface area contributed by atoms with Crippen molar-refractivity contribution < 1.29 is 27.2 Å². The summed E-state index contributed by atoms with van der Waals surface area (Å²) in [6.07, 6.45) is -3.65. The molecule has 1 aliphatic heterocycles. The van der Waals surface area contributed by atoms with Gasteiger partial charge in [0, 0.05) is 30.1 Å². The molecule has 156 valence electrons. The minimum Gasteiger partial charge on any atom is -0.406 e. The van der Waals surface area contributed by atoms with E-state index >= 15 is 0 Å². The zero-order valence-corrected chi connectivity index (χ0v) is 16.0. The number of rotatable bonds is 5. The Hall–Kier alpha value is -3.36. The third kappa shape index (κ3) is 4.29. The van der Waals surface area contributed by atoms with E-state index in [0.29, 0.717) is 17.9 Å². The quantitative estimate of drug-likeness (QED) is 0.601. The zero-order valence-electron chi connectivity index (χ0n) is 16.0. The van der Waals surface area contributed by atoms with Gasteiger partial charge in [-0.1, -0.05) is 30.3 Å². The number of hydrogen-bond donors (Lipinski definition) is 0. The van der Waals surface area contributed by atoms with Gasteiger partial charge in [0.15, 0.2) is 5.82 Å². The highest BCUT2D eigenvalue weighted by atomic mass is 19.4. The van der Waals surface area contributed by atoms with Crippen molar-refractivity contribution in [3.05, 3.63) is 59.9 Å². The number of aromatic nitrogens is 2. The first kappa shape index (κ1) is 19.9. The van der Waals surface area contributed by atoms with Crippen LogP contribution in [0.3, 0.4) is 0 Å². The van der Waals surface area contributed by atoms with E-state index in [2.05, 4.69) is 21.8 Å². The van der Waals surface area contributed by atoms with Crippen molar-refractivity contribution in [1.29, 1.82) is 0 Å². The van der Waals surface area contributed by atoms with Crippen molar-refractivity contribution in [2.75, 3.05) is 11.4 Å². The third-order valence-corrected chi connectivity index (χ3v) is 4.90. The van der Waals surface area contributed by atoms with Crippen molar-refractivity contribution in [1.82, 2.24) is 10.1 Å². The van der Waals surface area contributed by atoms with Gasteiger partial charge < -0.3 is 14.2 Å². The van der Waals surface area contributed by atoms with Gasteiger partial charge in [0.05, 0.1) is 0 Å². The molecule has 1 unspecified atom stereocenters. The third-order valence-electron chi connectivity index (χ3n) is 4.90. The van der Waals surface area contributed by atoms with Crippen molar-refractivity contribution >= 4 is 11.6 Å². The van der Waals surface area contributed by atoms with Crippen LogP contribution in [-0.2, 0) is 11.2 Å². The molecule has 0 aliphatic carbocycles. The van der Waals surface area contributed by atoms with Gasteiger partial charge in [0.1, 0.15) is 5.75 Å². The molecule has 3 aromatic rings. The summed E-state index contributed by atoms with van der Waals surface area (Å²) in [5.41, 5.74) is 2.29. The second-order valence-corrected chi connectivity index (χ2v) is 6.96. The minimum atomic E-state index is -4.79. The summed E-state index contributed by atoms with van der Waals surface area (Å²) < 4.78 is 46.4. The summed E-state index contributed by atoms with van der Waals surface area (Å²) in [7, 11) is 0. The molecule has 0 saturated carbocycles. The number of alkyl halides is 3. The van der Waals surface area contributed by atoms with E-state index in [1.165, 1.54) is 23.8 Å². The molecule has 0 N–H and O–H groups in total. The van der Waals surface area contributed by atoms with Crippen LogP contribution < -0.4 is 9.64 Å². The molecule has 0 radical (unpaired) electrons. The second-order valence-electron chi connectivity index (χ2n) is 6.96. The lowest BCUT2D eigenvalue weighted by Gasteiger charge is -2.16. The van der Waals surface area contributed by atoms with Gasteiger partial charge in [-0.3, -0.25) is 4.79 Å². The molecule has 1 aliphatic rings. The monoisotopic (exact) mass is 417 g/mol. The Bertz CT molecular complexity index is 1050. The van der Waals surface area contributed by atoms with Gasteiger partial charge in [-0.25, -0.2) is 0 Å². The molecule has 1 amide bonds. The first-order valence-electron chi connectivity index (χ1n) is 9.41. The Labute approximate surface area is 170 Å². The van der Waals surface area contributed by atoms with Gasteiger partial charge in [0.25, 0.3) is 5.89 Å². The maximum absolute atomic E-state index is 12.5. The van der Waals surface area contributed by atoms with Crippen LogP contribution in [0.25, 0.3) is 11.5 Å². The van der Waals surface area contributed by atoms with Crippen LogP contribution in [0.4, 0.5) is 18.9 Å². The van der Waals surface area contributed by atoms with E-state index in [-0.39, 0.29) is 29.9 Å². The Morgan fingerprint density at radius 2 is 1.97 bits per heavy atom. The van der Waals surface area contributed by atoms with Crippen LogP contribution in [0.1, 0.15) is 30.7 Å². The molecule has 1 atom stereocenters. The van der Waals surface area contributed by atoms with E-state index in [4.69, 9.17) is 4.52 Å². The van der Waals surface area contributed by atoms with Crippen molar-refractivity contribution in [2.45, 2.75) is 32.0 Å². The van der Waals surface area contributed by atoms with Crippen LogP contribution in [0.15, 0.2) is 53.1 Å². The molecule has 1 aromatic heterocycles. The molecular formula is C21H18F3N3O3. The van der Waals surface area contributed by atoms with E-state index < -0.39 is 6.36 Å². The van der Waals surface area contributed by atoms with Crippen LogP contribution in [0, 0.1) is 0 Å². The highest BCUT2D eigenvalue weighted by molar-refractivity contribution is 5.96. The normalized spacial score (nSPS) is 16.9. The Morgan fingerprint density at radius 1 is 1.20 bits per heavy atom. The van der Waals surface area contributed by atoms with Crippen molar-refractivity contribution in [3.8, 4) is 17.2 Å². The number of amides is 1. The van der Waals surface area contributed by atoms with Crippen LogP contribution in [0.2, 0.25) is 0 Å². The van der Waals surface area contributed by atoms with Crippen molar-refractivity contribution in [3.63, 3.8) is 0 Å². The Balaban J connectivity index is 1.50. The highest BCUT2D eigenvalue weighted by Gasteiger charge is 2.35. The summed E-state index contributed by atoms with van der Waals surface area (Å²) in [6, 6.07) is 13.1. The molecular weight excluding hydrogens is 399 g/mol. The number of anilines is 1. The molecule has 4 rings (SSSR count). The van der Waals surface area contributed by atoms with Gasteiger partial charge >= 0.3 is 6.36 Å². The SMILES string of the molecule is CCc1ccc(N2CC(c3noc(-c4cccc(OC(F)(F)F)c4)n3)CC2=O)cc1. The molecule has 2 heterocycles. The highest BCUT2D eigenvalue weighted by Crippen LogP contribution is 2.32. The molecule has 30 heavy (non-hydrogen) atoms. The smallest absolute Gasteiger partial charge is 0.406 e. The standard InChI is InChI=1S/C21H18F3N3O3/c1-2-13-6-8-16(9-7-13)27-12-15(11-18(27)28)19-25-20(30-26-19)14-4-3-5-17(10-14)29-21(22,23)24/h3-10,15H,2,11-12H2,1H3. The first-order valence-corrected chi connectivity index (χ1v) is 9.41. The fourth-order valence-electron chi connectivity index (χ4n) is 3.39. The molecule has 0 spiro atoms. The fourth-order valence-corrected chi connectivity index (χ4v) is 3.39. The Morgan fingerprint density at radius 3 is 2.67 bits per heavy atom. The molecule has 9 heteroatoms. The van der Waals surface area contributed by atoms with Crippen LogP contribution in [-0.4, -0.2) is 29.0 Å². The number of benzene rings is 2. The van der Waals surface area contributed by atoms with Gasteiger partial charge in [-0.05, 0) is 42.3 Å². The lowest BCUT2D eigenvalue weighted by atomic mass is 10.1. The average molecular weight is 417 g/mol. The zero-order chi connectivity index (χ0) is 21.3. The predicted octanol–water partition coefficient (Wildman–Crippen LogP) is 4.72. The number of carbonyl (C=O) groups excluding carboxylic acids is 1. The maximum atomic E-state index is 12.5. The predicted molar refractivity (Wildman–Crippen MR) is 102 cm³/mol. The summed E-state index contributed by atoms with van der Waals surface area (Å²) in [5.74, 6) is -0.284. The van der Waals surface area contributed by atoms with E-state index in [9.17, 15) is 18.0 Å². The molecule has 2 aromatic carbocycles. The number of aryl methyl sites for hydroxylation is 1. The van der Waals surface area contributed by atoms with Gasteiger partial charge in [-0.2, -0.15) is 4.98 Å². The van der Waals surface area contributed by atoms with Gasteiger partial charge in [-0.15, -0.1) is 13.2 Å². The topological polar surface area (TPSA) is 68.5 Å². The lowest BCUT2D eigenvalue weighted by Crippen LogP contribution is -2.24. The lowest BCUT2D eigenvalue weighted by molar-refractivity contribution is -0.274. The van der Waals surface area contributed by atoms with E-state index in [1.807, 2.05) is 24.3 Å². The average Bonchev–Trinajstić information content (AvgIpc) is 3.34. The summed E-state index contributed by atoms with van der Waals surface area (Å²) in [5, 5.41) is 3.94. The fraction of sp³-hybridized carbons (Fsp3) is 0.286. The summed E-state index contributed by atoms with van der Waals surface area (Å²) in [4.78, 5) is 18.5. The van der Waals surface area contributed by atoms with E-state index in [0.717, 1.165) is 12.1 Å². The first-order chi connectivity index (χ1) is 14.3. The van der Waals surface area contributed by atoms with Crippen LogP contribution >= 0.6 is 0 Å². The van der Waals surface area contributed by atoms with Crippen molar-refractivity contribution in [2.24, 2.45) is 0 Å². The number of carbonyl (C=O) groups is 1. The number of nitrogens with zero attached hydrogens (tertiary/aromatic N) is 3. The maximum Gasteiger partial charge on any atom is 0.573 e. The Kier molecular flexibility index (Phi) is 5.19. The van der Waals surface area contributed by atoms with Gasteiger partial charge in [0.2, 0.25) is 5.91 Å². The molecule has 1 saturated heterocycles. The largest absolute Gasteiger partial charge is 0.573 e.